The Morgan fingerprint density at radius 3 is 3.00 bits per heavy atom. The predicted molar refractivity (Wildman–Crippen MR) is 97.3 cm³/mol. The van der Waals surface area contributed by atoms with Crippen LogP contribution in [0.25, 0.3) is 0 Å². The average Bonchev–Trinajstić information content (AvgIpc) is 3.09. The lowest BCUT2D eigenvalue weighted by Gasteiger charge is -2.35. The van der Waals surface area contributed by atoms with Gasteiger partial charge in [-0.05, 0) is 17.7 Å². The number of urea groups is 1. The third-order valence-electron chi connectivity index (χ3n) is 4.12. The standard InChI is InChI=1S/C18H21FN4O2S/c1-11(2)17-22-14(10-26-17)9-21-18(25)23-7-6-20-16(24)15(23)12-4-3-5-13(19)8-12/h3-5,8,10-11,15H,6-7,9H2,1-2H3,(H,20,24)(H,21,25). The summed E-state index contributed by atoms with van der Waals surface area (Å²) in [5, 5.41) is 8.48. The summed E-state index contributed by atoms with van der Waals surface area (Å²) in [6, 6.07) is 4.56. The summed E-state index contributed by atoms with van der Waals surface area (Å²) >= 11 is 1.56. The van der Waals surface area contributed by atoms with Gasteiger partial charge in [0.25, 0.3) is 0 Å². The second-order valence-corrected chi connectivity index (χ2v) is 7.32. The summed E-state index contributed by atoms with van der Waals surface area (Å²) < 4.78 is 13.6. The first-order valence-corrected chi connectivity index (χ1v) is 9.35. The number of piperazine rings is 1. The van der Waals surface area contributed by atoms with Crippen LogP contribution in [0.4, 0.5) is 9.18 Å². The molecular weight excluding hydrogens is 355 g/mol. The number of carbonyl (C=O) groups excluding carboxylic acids is 2. The number of rotatable bonds is 4. The predicted octanol–water partition coefficient (Wildman–Crippen LogP) is 2.79. The zero-order valence-electron chi connectivity index (χ0n) is 14.7. The van der Waals surface area contributed by atoms with Crippen molar-refractivity contribution in [3.05, 3.63) is 51.7 Å². The number of benzene rings is 1. The number of aromatic nitrogens is 1. The third-order valence-corrected chi connectivity index (χ3v) is 5.32. The van der Waals surface area contributed by atoms with Gasteiger partial charge in [-0.25, -0.2) is 14.2 Å². The van der Waals surface area contributed by atoms with E-state index in [2.05, 4.69) is 29.5 Å². The maximum Gasteiger partial charge on any atom is 0.318 e. The highest BCUT2D eigenvalue weighted by molar-refractivity contribution is 7.09. The van der Waals surface area contributed by atoms with Gasteiger partial charge in [0.15, 0.2) is 0 Å². The van der Waals surface area contributed by atoms with Crippen molar-refractivity contribution in [3.8, 4) is 0 Å². The molecule has 6 nitrogen and oxygen atoms in total. The highest BCUT2D eigenvalue weighted by Gasteiger charge is 2.34. The lowest BCUT2D eigenvalue weighted by molar-refractivity contribution is -0.127. The van der Waals surface area contributed by atoms with Gasteiger partial charge in [0.05, 0.1) is 17.2 Å². The zero-order valence-corrected chi connectivity index (χ0v) is 15.5. The van der Waals surface area contributed by atoms with Crippen LogP contribution in [0.2, 0.25) is 0 Å². The molecule has 2 heterocycles. The average molecular weight is 376 g/mol. The SMILES string of the molecule is CC(C)c1nc(CNC(=O)N2CCNC(=O)C2c2cccc(F)c2)cs1. The van der Waals surface area contributed by atoms with Crippen LogP contribution in [-0.4, -0.2) is 34.9 Å². The second kappa shape index (κ2) is 7.82. The molecule has 1 unspecified atom stereocenters. The van der Waals surface area contributed by atoms with Crippen molar-refractivity contribution in [2.75, 3.05) is 13.1 Å². The normalized spacial score (nSPS) is 17.3. The molecule has 8 heteroatoms. The molecule has 1 aromatic carbocycles. The lowest BCUT2D eigenvalue weighted by Crippen LogP contribution is -2.54. The fourth-order valence-corrected chi connectivity index (χ4v) is 3.67. The molecule has 0 bridgehead atoms. The van der Waals surface area contributed by atoms with Crippen molar-refractivity contribution >= 4 is 23.3 Å². The molecule has 0 saturated carbocycles. The minimum Gasteiger partial charge on any atom is -0.352 e. The lowest BCUT2D eigenvalue weighted by atomic mass is 10.0. The van der Waals surface area contributed by atoms with Gasteiger partial charge in [0.1, 0.15) is 11.9 Å². The molecule has 1 atom stereocenters. The summed E-state index contributed by atoms with van der Waals surface area (Å²) in [7, 11) is 0. The van der Waals surface area contributed by atoms with Crippen molar-refractivity contribution in [2.45, 2.75) is 32.4 Å². The van der Waals surface area contributed by atoms with Crippen LogP contribution in [0.5, 0.6) is 0 Å². The molecular formula is C18H21FN4O2S. The topological polar surface area (TPSA) is 74.3 Å². The molecule has 2 N–H and O–H groups in total. The highest BCUT2D eigenvalue weighted by atomic mass is 32.1. The van der Waals surface area contributed by atoms with E-state index >= 15 is 0 Å². The summed E-state index contributed by atoms with van der Waals surface area (Å²) in [5.41, 5.74) is 1.24. The highest BCUT2D eigenvalue weighted by Crippen LogP contribution is 2.24. The van der Waals surface area contributed by atoms with E-state index in [1.165, 1.54) is 23.1 Å². The molecule has 2 aromatic rings. The molecule has 3 rings (SSSR count). The van der Waals surface area contributed by atoms with Gasteiger partial charge >= 0.3 is 6.03 Å². The van der Waals surface area contributed by atoms with Crippen LogP contribution in [-0.2, 0) is 11.3 Å². The Labute approximate surface area is 155 Å². The van der Waals surface area contributed by atoms with E-state index < -0.39 is 11.9 Å². The number of nitrogens with one attached hydrogen (secondary N) is 2. The number of amides is 3. The van der Waals surface area contributed by atoms with Gasteiger partial charge in [-0.2, -0.15) is 0 Å². The van der Waals surface area contributed by atoms with E-state index in [4.69, 9.17) is 0 Å². The van der Waals surface area contributed by atoms with Crippen LogP contribution >= 0.6 is 11.3 Å². The Bertz CT molecular complexity index is 808. The number of thiazole rings is 1. The smallest absolute Gasteiger partial charge is 0.318 e. The van der Waals surface area contributed by atoms with E-state index in [9.17, 15) is 14.0 Å². The maximum absolute atomic E-state index is 13.6. The number of hydrogen-bond donors (Lipinski definition) is 2. The number of hydrogen-bond acceptors (Lipinski definition) is 4. The summed E-state index contributed by atoms with van der Waals surface area (Å²) in [4.78, 5) is 30.9. The van der Waals surface area contributed by atoms with Gasteiger partial charge in [-0.3, -0.25) is 4.79 Å². The molecule has 0 radical (unpaired) electrons. The van der Waals surface area contributed by atoms with Gasteiger partial charge in [0, 0.05) is 24.4 Å². The van der Waals surface area contributed by atoms with Crippen LogP contribution < -0.4 is 10.6 Å². The Kier molecular flexibility index (Phi) is 5.51. The van der Waals surface area contributed by atoms with Crippen LogP contribution in [0.15, 0.2) is 29.6 Å². The minimum absolute atomic E-state index is 0.288. The minimum atomic E-state index is -0.846. The third kappa shape index (κ3) is 4.01. The fourth-order valence-electron chi connectivity index (χ4n) is 2.83. The van der Waals surface area contributed by atoms with E-state index in [-0.39, 0.29) is 18.5 Å². The van der Waals surface area contributed by atoms with E-state index in [1.54, 1.807) is 17.4 Å². The van der Waals surface area contributed by atoms with Crippen molar-refractivity contribution in [3.63, 3.8) is 0 Å². The summed E-state index contributed by atoms with van der Waals surface area (Å²) in [6.07, 6.45) is 0. The zero-order chi connectivity index (χ0) is 18.7. The van der Waals surface area contributed by atoms with Crippen LogP contribution in [0, 0.1) is 5.82 Å². The Morgan fingerprint density at radius 2 is 2.31 bits per heavy atom. The first kappa shape index (κ1) is 18.3. The molecule has 1 aromatic heterocycles. The monoisotopic (exact) mass is 376 g/mol. The van der Waals surface area contributed by atoms with Crippen molar-refractivity contribution in [2.24, 2.45) is 0 Å². The second-order valence-electron chi connectivity index (χ2n) is 6.43. The molecule has 26 heavy (non-hydrogen) atoms. The first-order chi connectivity index (χ1) is 12.5. The maximum atomic E-state index is 13.6. The van der Waals surface area contributed by atoms with Crippen molar-refractivity contribution < 1.29 is 14.0 Å². The molecule has 1 saturated heterocycles. The van der Waals surface area contributed by atoms with Gasteiger partial charge < -0.3 is 15.5 Å². The fraction of sp³-hybridized carbons (Fsp3) is 0.389. The largest absolute Gasteiger partial charge is 0.352 e. The molecule has 3 amide bonds. The molecule has 0 spiro atoms. The van der Waals surface area contributed by atoms with Gasteiger partial charge in [0.2, 0.25) is 5.91 Å². The quantitative estimate of drug-likeness (QED) is 0.862. The van der Waals surface area contributed by atoms with Crippen molar-refractivity contribution in [1.82, 2.24) is 20.5 Å². The van der Waals surface area contributed by atoms with Crippen molar-refractivity contribution in [1.29, 1.82) is 0 Å². The number of nitrogens with zero attached hydrogens (tertiary/aromatic N) is 2. The first-order valence-electron chi connectivity index (χ1n) is 8.47. The number of halogens is 1. The van der Waals surface area contributed by atoms with Gasteiger partial charge in [-0.15, -0.1) is 11.3 Å². The molecule has 1 aliphatic heterocycles. The molecule has 1 aliphatic rings. The Hall–Kier alpha value is -2.48. The molecule has 0 aliphatic carbocycles. The van der Waals surface area contributed by atoms with E-state index in [0.717, 1.165) is 10.7 Å². The Morgan fingerprint density at radius 1 is 1.50 bits per heavy atom. The summed E-state index contributed by atoms with van der Waals surface area (Å²) in [5.74, 6) is -0.412. The number of carbonyl (C=O) groups is 2. The van der Waals surface area contributed by atoms with Crippen LogP contribution in [0.1, 0.15) is 42.1 Å². The van der Waals surface area contributed by atoms with E-state index in [1.807, 2.05) is 5.38 Å². The summed E-state index contributed by atoms with van der Waals surface area (Å²) in [6.45, 7) is 5.14. The van der Waals surface area contributed by atoms with Gasteiger partial charge in [-0.1, -0.05) is 26.0 Å². The van der Waals surface area contributed by atoms with E-state index in [0.29, 0.717) is 24.6 Å². The molecule has 1 fully saturated rings. The Balaban J connectivity index is 1.72. The van der Waals surface area contributed by atoms with Crippen LogP contribution in [0.3, 0.4) is 0 Å². The molecule has 138 valence electrons.